The summed E-state index contributed by atoms with van der Waals surface area (Å²) in [7, 11) is 0. The van der Waals surface area contributed by atoms with Crippen LogP contribution in [0.3, 0.4) is 0 Å². The third-order valence-electron chi connectivity index (χ3n) is 7.58. The van der Waals surface area contributed by atoms with E-state index >= 15 is 0 Å². The first-order chi connectivity index (χ1) is 21.8. The Kier molecular flexibility index (Phi) is 10.4. The number of benzene rings is 5. The van der Waals surface area contributed by atoms with Crippen molar-refractivity contribution in [2.75, 3.05) is 19.0 Å². The molecule has 0 aliphatic heterocycles. The highest BCUT2D eigenvalue weighted by Crippen LogP contribution is 2.35. The molecule has 5 aromatic carbocycles. The highest BCUT2D eigenvalue weighted by molar-refractivity contribution is 7.99. The number of thioether (sulfide) groups is 1. The Morgan fingerprint density at radius 3 is 1.56 bits per heavy atom. The molecule has 1 N–H and O–H groups in total. The molecule has 0 amide bonds. The van der Waals surface area contributed by atoms with Gasteiger partial charge in [-0.05, 0) is 84.8 Å². The number of ether oxygens (including phenoxy) is 2. The fourth-order valence-electron chi connectivity index (χ4n) is 5.16. The van der Waals surface area contributed by atoms with Crippen molar-refractivity contribution < 1.29 is 19.4 Å². The van der Waals surface area contributed by atoms with Crippen molar-refractivity contribution in [3.8, 4) is 28.0 Å². The molecule has 5 aromatic rings. The number of hydrogen-bond acceptors (Lipinski definition) is 4. The molecular formula is C40H38O4S. The van der Waals surface area contributed by atoms with Crippen molar-refractivity contribution in [1.82, 2.24) is 0 Å². The van der Waals surface area contributed by atoms with Gasteiger partial charge < -0.3 is 14.6 Å². The Morgan fingerprint density at radius 1 is 0.667 bits per heavy atom. The molecule has 0 atom stereocenters. The number of aryl methyl sites for hydroxylation is 3. The van der Waals surface area contributed by atoms with Gasteiger partial charge in [0, 0.05) is 10.5 Å². The van der Waals surface area contributed by atoms with Crippen LogP contribution in [-0.4, -0.2) is 30.0 Å². The molecule has 0 aliphatic rings. The van der Waals surface area contributed by atoms with Crippen molar-refractivity contribution in [3.63, 3.8) is 0 Å². The predicted molar refractivity (Wildman–Crippen MR) is 186 cm³/mol. The van der Waals surface area contributed by atoms with Crippen LogP contribution in [0.4, 0.5) is 0 Å². The van der Waals surface area contributed by atoms with Gasteiger partial charge in [0.05, 0.1) is 12.4 Å². The Bertz CT molecular complexity index is 1680. The minimum absolute atomic E-state index is 0.362. The number of carboxylic acid groups (broad SMARTS) is 1. The van der Waals surface area contributed by atoms with Gasteiger partial charge in [0.15, 0.2) is 6.61 Å². The lowest BCUT2D eigenvalue weighted by Gasteiger charge is -2.18. The average molecular weight is 615 g/mol. The predicted octanol–water partition coefficient (Wildman–Crippen LogP) is 10.00. The van der Waals surface area contributed by atoms with Gasteiger partial charge in [0.2, 0.25) is 0 Å². The first-order valence-electron chi connectivity index (χ1n) is 15.1. The van der Waals surface area contributed by atoms with E-state index in [1.807, 2.05) is 32.0 Å². The van der Waals surface area contributed by atoms with Crippen molar-refractivity contribution in [2.24, 2.45) is 0 Å². The normalized spacial score (nSPS) is 10.8. The van der Waals surface area contributed by atoms with Gasteiger partial charge in [-0.3, -0.25) is 0 Å². The van der Waals surface area contributed by atoms with Crippen LogP contribution < -0.4 is 4.74 Å². The maximum atomic E-state index is 10.9. The summed E-state index contributed by atoms with van der Waals surface area (Å²) in [5.41, 5.74) is 11.3. The lowest BCUT2D eigenvalue weighted by molar-refractivity contribution is -0.139. The number of aliphatic carboxylic acids is 1. The van der Waals surface area contributed by atoms with E-state index in [1.165, 1.54) is 33.4 Å². The zero-order chi connectivity index (χ0) is 31.8. The Morgan fingerprint density at radius 2 is 1.13 bits per heavy atom. The molecule has 228 valence electrons. The summed E-state index contributed by atoms with van der Waals surface area (Å²) in [6.45, 7) is 8.33. The van der Waals surface area contributed by atoms with E-state index in [4.69, 9.17) is 14.6 Å². The molecule has 5 rings (SSSR count). The van der Waals surface area contributed by atoms with Crippen LogP contribution >= 0.6 is 11.8 Å². The van der Waals surface area contributed by atoms with Gasteiger partial charge in [0.1, 0.15) is 11.5 Å². The number of hydrogen-bond donors (Lipinski definition) is 1. The second-order valence-corrected chi connectivity index (χ2v) is 12.1. The fraction of sp³-hybridized carbons (Fsp3) is 0.175. The van der Waals surface area contributed by atoms with Gasteiger partial charge >= 0.3 is 5.97 Å². The van der Waals surface area contributed by atoms with Crippen molar-refractivity contribution >= 4 is 23.3 Å². The molecule has 0 heterocycles. The summed E-state index contributed by atoms with van der Waals surface area (Å²) < 4.78 is 11.8. The maximum Gasteiger partial charge on any atom is 0.341 e. The molecule has 4 nitrogen and oxygen atoms in total. The van der Waals surface area contributed by atoms with Gasteiger partial charge in [-0.15, -0.1) is 11.8 Å². The SMILES string of the molecule is CCOC(CSc1ccc(OCC(=O)O)c(C)c1)=C(c1ccc(-c2ccc(C)cc2)cc1)c1ccc(-c2ccc(C)cc2)cc1. The van der Waals surface area contributed by atoms with Crippen LogP contribution in [0.1, 0.15) is 34.7 Å². The highest BCUT2D eigenvalue weighted by Gasteiger charge is 2.16. The molecule has 0 saturated heterocycles. The molecule has 0 unspecified atom stereocenters. The molecule has 0 saturated carbocycles. The van der Waals surface area contributed by atoms with Crippen LogP contribution in [0.2, 0.25) is 0 Å². The largest absolute Gasteiger partial charge is 0.497 e. The van der Waals surface area contributed by atoms with Crippen molar-refractivity contribution in [1.29, 1.82) is 0 Å². The number of carbonyl (C=O) groups is 1. The Hall–Kier alpha value is -4.74. The minimum atomic E-state index is -0.995. The van der Waals surface area contributed by atoms with Gasteiger partial charge in [-0.2, -0.15) is 0 Å². The molecule has 0 bridgehead atoms. The number of carboxylic acids is 1. The second-order valence-electron chi connectivity index (χ2n) is 11.0. The van der Waals surface area contributed by atoms with Crippen LogP contribution in [0, 0.1) is 20.8 Å². The van der Waals surface area contributed by atoms with Crippen molar-refractivity contribution in [2.45, 2.75) is 32.6 Å². The maximum absolute atomic E-state index is 10.9. The van der Waals surface area contributed by atoms with E-state index in [0.717, 1.165) is 32.9 Å². The summed E-state index contributed by atoms with van der Waals surface area (Å²) in [6, 6.07) is 40.5. The molecule has 0 aliphatic carbocycles. The smallest absolute Gasteiger partial charge is 0.341 e. The van der Waals surface area contributed by atoms with Crippen LogP contribution in [-0.2, 0) is 9.53 Å². The summed E-state index contributed by atoms with van der Waals surface area (Å²) in [4.78, 5) is 12.0. The van der Waals surface area contributed by atoms with Gasteiger partial charge in [-0.1, -0.05) is 108 Å². The lowest BCUT2D eigenvalue weighted by atomic mass is 9.93. The monoisotopic (exact) mass is 614 g/mol. The minimum Gasteiger partial charge on any atom is -0.497 e. The summed E-state index contributed by atoms with van der Waals surface area (Å²) in [5, 5.41) is 8.97. The second kappa shape index (κ2) is 14.8. The summed E-state index contributed by atoms with van der Waals surface area (Å²) >= 11 is 1.68. The topological polar surface area (TPSA) is 55.8 Å². The third kappa shape index (κ3) is 8.25. The van der Waals surface area contributed by atoms with E-state index in [0.29, 0.717) is 18.1 Å². The quantitative estimate of drug-likeness (QED) is 0.112. The third-order valence-corrected chi connectivity index (χ3v) is 8.58. The molecular weight excluding hydrogens is 577 g/mol. The Balaban J connectivity index is 1.50. The first kappa shape index (κ1) is 31.7. The lowest BCUT2D eigenvalue weighted by Crippen LogP contribution is -2.10. The average Bonchev–Trinajstić information content (AvgIpc) is 3.05. The molecule has 0 radical (unpaired) electrons. The highest BCUT2D eigenvalue weighted by atomic mass is 32.2. The molecule has 0 spiro atoms. The van der Waals surface area contributed by atoms with Crippen LogP contribution in [0.5, 0.6) is 5.75 Å². The first-order valence-corrected chi connectivity index (χ1v) is 16.1. The molecule has 45 heavy (non-hydrogen) atoms. The van der Waals surface area contributed by atoms with E-state index < -0.39 is 5.97 Å². The van der Waals surface area contributed by atoms with Crippen molar-refractivity contribution in [3.05, 3.63) is 149 Å². The van der Waals surface area contributed by atoms with Crippen LogP contribution in [0.25, 0.3) is 27.8 Å². The molecule has 5 heteroatoms. The standard InChI is InChI=1S/C40H38O4S/c1-5-43-38(26-45-36-22-23-37(29(4)24-36)44-25-39(41)42)40(34-18-14-32(15-19-34)30-10-6-27(2)7-11-30)35-20-16-33(17-21-35)31-12-8-28(3)9-13-31/h6-24H,5,25-26H2,1-4H3,(H,41,42). The van der Waals surface area contributed by atoms with Crippen LogP contribution in [0.15, 0.2) is 126 Å². The zero-order valence-electron chi connectivity index (χ0n) is 26.2. The number of rotatable bonds is 12. The van der Waals surface area contributed by atoms with E-state index in [9.17, 15) is 4.79 Å². The van der Waals surface area contributed by atoms with Gasteiger partial charge in [0.25, 0.3) is 0 Å². The Labute approximate surface area is 270 Å². The van der Waals surface area contributed by atoms with E-state index in [-0.39, 0.29) is 6.61 Å². The zero-order valence-corrected chi connectivity index (χ0v) is 27.0. The molecule has 0 fully saturated rings. The van der Waals surface area contributed by atoms with Gasteiger partial charge in [-0.25, -0.2) is 4.79 Å². The summed E-state index contributed by atoms with van der Waals surface area (Å²) in [6.07, 6.45) is 0. The van der Waals surface area contributed by atoms with E-state index in [2.05, 4.69) is 111 Å². The molecule has 0 aromatic heterocycles. The fourth-order valence-corrected chi connectivity index (χ4v) is 6.11. The summed E-state index contributed by atoms with van der Waals surface area (Å²) in [5.74, 6) is 1.10. The van der Waals surface area contributed by atoms with E-state index in [1.54, 1.807) is 11.8 Å².